The molecule has 0 radical (unpaired) electrons. The van der Waals surface area contributed by atoms with Crippen molar-refractivity contribution in [2.45, 2.75) is 39.7 Å². The first-order valence-electron chi connectivity index (χ1n) is 7.30. The van der Waals surface area contributed by atoms with Crippen LogP contribution < -0.4 is 10.2 Å². The Kier molecular flexibility index (Phi) is 5.14. The summed E-state index contributed by atoms with van der Waals surface area (Å²) in [5, 5.41) is 3.34. The van der Waals surface area contributed by atoms with Gasteiger partial charge in [0.05, 0.1) is 6.20 Å². The second-order valence-electron chi connectivity index (χ2n) is 5.51. The van der Waals surface area contributed by atoms with Gasteiger partial charge in [-0.15, -0.1) is 0 Å². The number of pyridine rings is 1. The van der Waals surface area contributed by atoms with Crippen LogP contribution in [0.1, 0.15) is 38.7 Å². The molecule has 1 aliphatic rings. The first-order chi connectivity index (χ1) is 9.20. The molecule has 4 heteroatoms. The van der Waals surface area contributed by atoms with Crippen LogP contribution in [0, 0.1) is 11.7 Å². The van der Waals surface area contributed by atoms with Gasteiger partial charge in [-0.25, -0.2) is 9.37 Å². The van der Waals surface area contributed by atoms with Gasteiger partial charge in [-0.3, -0.25) is 0 Å². The average molecular weight is 265 g/mol. The van der Waals surface area contributed by atoms with E-state index in [2.05, 4.69) is 29.0 Å². The minimum atomic E-state index is -0.248. The lowest BCUT2D eigenvalue weighted by atomic mass is 10.00. The molecule has 1 N–H and O–H groups in total. The molecule has 3 nitrogen and oxygen atoms in total. The molecule has 1 fully saturated rings. The Hall–Kier alpha value is -1.16. The quantitative estimate of drug-likeness (QED) is 0.830. The Morgan fingerprint density at radius 2 is 2.37 bits per heavy atom. The van der Waals surface area contributed by atoms with Gasteiger partial charge >= 0.3 is 0 Å². The molecule has 19 heavy (non-hydrogen) atoms. The lowest BCUT2D eigenvalue weighted by Gasteiger charge is -2.33. The fourth-order valence-corrected chi connectivity index (χ4v) is 2.67. The summed E-state index contributed by atoms with van der Waals surface area (Å²) in [5.74, 6) is 1.40. The molecular weight excluding hydrogens is 241 g/mol. The van der Waals surface area contributed by atoms with Crippen molar-refractivity contribution < 1.29 is 4.39 Å². The summed E-state index contributed by atoms with van der Waals surface area (Å²) in [4.78, 5) is 6.63. The summed E-state index contributed by atoms with van der Waals surface area (Å²) in [6.07, 6.45) is 4.89. The largest absolute Gasteiger partial charge is 0.356 e. The van der Waals surface area contributed by atoms with Crippen molar-refractivity contribution in [2.75, 3.05) is 24.5 Å². The lowest BCUT2D eigenvalue weighted by molar-refractivity contribution is 0.443. The first kappa shape index (κ1) is 14.3. The number of aromatic nitrogens is 1. The molecule has 0 saturated carbocycles. The summed E-state index contributed by atoms with van der Waals surface area (Å²) < 4.78 is 13.4. The molecule has 1 aliphatic heterocycles. The zero-order valence-electron chi connectivity index (χ0n) is 12.0. The highest BCUT2D eigenvalue weighted by Gasteiger charge is 2.20. The van der Waals surface area contributed by atoms with Crippen molar-refractivity contribution in [1.82, 2.24) is 10.3 Å². The number of hydrogen-bond donors (Lipinski definition) is 1. The van der Waals surface area contributed by atoms with Crippen molar-refractivity contribution in [1.29, 1.82) is 0 Å². The number of nitrogens with one attached hydrogen (secondary N) is 1. The molecule has 0 aromatic carbocycles. The molecule has 2 heterocycles. The van der Waals surface area contributed by atoms with Crippen LogP contribution >= 0.6 is 0 Å². The zero-order chi connectivity index (χ0) is 13.7. The van der Waals surface area contributed by atoms with E-state index in [-0.39, 0.29) is 5.82 Å². The number of rotatable bonds is 5. The summed E-state index contributed by atoms with van der Waals surface area (Å²) in [7, 11) is 0. The fourth-order valence-electron chi connectivity index (χ4n) is 2.67. The highest BCUT2D eigenvalue weighted by atomic mass is 19.1. The predicted molar refractivity (Wildman–Crippen MR) is 76.8 cm³/mol. The molecule has 106 valence electrons. The number of hydrogen-bond acceptors (Lipinski definition) is 3. The Bertz CT molecular complexity index is 408. The van der Waals surface area contributed by atoms with E-state index in [0.29, 0.717) is 12.5 Å². The lowest BCUT2D eigenvalue weighted by Crippen LogP contribution is -2.36. The second kappa shape index (κ2) is 6.85. The van der Waals surface area contributed by atoms with E-state index in [9.17, 15) is 4.39 Å². The number of piperidine rings is 1. The maximum absolute atomic E-state index is 13.4. The molecule has 1 aromatic rings. The standard InChI is InChI=1S/C15H24FN3/c1-3-6-17-9-13-8-14(16)10-18-15(13)19-7-4-5-12(2)11-19/h8,10,12,17H,3-7,9,11H2,1-2H3. The van der Waals surface area contributed by atoms with E-state index in [1.165, 1.54) is 19.0 Å². The van der Waals surface area contributed by atoms with Crippen LogP contribution in [-0.4, -0.2) is 24.6 Å². The maximum atomic E-state index is 13.4. The first-order valence-corrected chi connectivity index (χ1v) is 7.30. The van der Waals surface area contributed by atoms with Gasteiger partial charge in [0.15, 0.2) is 0 Å². The maximum Gasteiger partial charge on any atom is 0.141 e. The van der Waals surface area contributed by atoms with E-state index < -0.39 is 0 Å². The van der Waals surface area contributed by atoms with Gasteiger partial charge in [0.25, 0.3) is 0 Å². The van der Waals surface area contributed by atoms with Gasteiger partial charge in [-0.05, 0) is 37.8 Å². The van der Waals surface area contributed by atoms with Crippen LogP contribution in [0.4, 0.5) is 10.2 Å². The van der Waals surface area contributed by atoms with Crippen molar-refractivity contribution in [2.24, 2.45) is 5.92 Å². The van der Waals surface area contributed by atoms with Gasteiger partial charge in [0, 0.05) is 25.2 Å². The monoisotopic (exact) mass is 265 g/mol. The zero-order valence-corrected chi connectivity index (χ0v) is 12.0. The van der Waals surface area contributed by atoms with Crippen molar-refractivity contribution >= 4 is 5.82 Å². The van der Waals surface area contributed by atoms with E-state index in [4.69, 9.17) is 0 Å². The highest BCUT2D eigenvalue weighted by Crippen LogP contribution is 2.24. The number of halogens is 1. The van der Waals surface area contributed by atoms with Crippen molar-refractivity contribution in [3.05, 3.63) is 23.6 Å². The average Bonchev–Trinajstić information content (AvgIpc) is 2.39. The van der Waals surface area contributed by atoms with Crippen molar-refractivity contribution in [3.8, 4) is 0 Å². The molecule has 0 aliphatic carbocycles. The van der Waals surface area contributed by atoms with Gasteiger partial charge in [-0.2, -0.15) is 0 Å². The smallest absolute Gasteiger partial charge is 0.141 e. The number of nitrogens with zero attached hydrogens (tertiary/aromatic N) is 2. The number of anilines is 1. The van der Waals surface area contributed by atoms with Gasteiger partial charge in [-0.1, -0.05) is 13.8 Å². The van der Waals surface area contributed by atoms with E-state index in [1.54, 1.807) is 6.07 Å². The van der Waals surface area contributed by atoms with Crippen LogP contribution in [0.5, 0.6) is 0 Å². The van der Waals surface area contributed by atoms with E-state index in [0.717, 1.165) is 37.4 Å². The Morgan fingerprint density at radius 1 is 1.53 bits per heavy atom. The molecule has 2 rings (SSSR count). The molecule has 1 aromatic heterocycles. The van der Waals surface area contributed by atoms with Crippen LogP contribution in [0.15, 0.2) is 12.3 Å². The summed E-state index contributed by atoms with van der Waals surface area (Å²) in [5.41, 5.74) is 0.975. The van der Waals surface area contributed by atoms with Gasteiger partial charge in [0.1, 0.15) is 11.6 Å². The van der Waals surface area contributed by atoms with Crippen LogP contribution in [-0.2, 0) is 6.54 Å². The molecular formula is C15H24FN3. The Labute approximate surface area is 115 Å². The second-order valence-corrected chi connectivity index (χ2v) is 5.51. The fraction of sp³-hybridized carbons (Fsp3) is 0.667. The third-order valence-electron chi connectivity index (χ3n) is 3.61. The van der Waals surface area contributed by atoms with E-state index >= 15 is 0 Å². The van der Waals surface area contributed by atoms with Crippen LogP contribution in [0.3, 0.4) is 0 Å². The van der Waals surface area contributed by atoms with Crippen molar-refractivity contribution in [3.63, 3.8) is 0 Å². The molecule has 1 saturated heterocycles. The molecule has 1 atom stereocenters. The highest BCUT2D eigenvalue weighted by molar-refractivity contribution is 5.47. The molecule has 0 amide bonds. The predicted octanol–water partition coefficient (Wildman–Crippen LogP) is 2.96. The molecule has 1 unspecified atom stereocenters. The summed E-state index contributed by atoms with van der Waals surface area (Å²) in [6.45, 7) is 8.10. The normalized spacial score (nSPS) is 19.7. The van der Waals surface area contributed by atoms with E-state index in [1.807, 2.05) is 0 Å². The summed E-state index contributed by atoms with van der Waals surface area (Å²) in [6, 6.07) is 1.62. The van der Waals surface area contributed by atoms with Crippen LogP contribution in [0.25, 0.3) is 0 Å². The Morgan fingerprint density at radius 3 is 3.11 bits per heavy atom. The molecule has 0 bridgehead atoms. The van der Waals surface area contributed by atoms with Gasteiger partial charge < -0.3 is 10.2 Å². The molecule has 0 spiro atoms. The van der Waals surface area contributed by atoms with Gasteiger partial charge in [0.2, 0.25) is 0 Å². The summed E-state index contributed by atoms with van der Waals surface area (Å²) >= 11 is 0. The minimum absolute atomic E-state index is 0.248. The Balaban J connectivity index is 2.13. The SMILES string of the molecule is CCCNCc1cc(F)cnc1N1CCCC(C)C1. The van der Waals surface area contributed by atoms with Crippen LogP contribution in [0.2, 0.25) is 0 Å². The third kappa shape index (κ3) is 3.90. The third-order valence-corrected chi connectivity index (χ3v) is 3.61. The minimum Gasteiger partial charge on any atom is -0.356 e. The topological polar surface area (TPSA) is 28.2 Å².